The van der Waals surface area contributed by atoms with Gasteiger partial charge in [-0.2, -0.15) is 5.11 Å². The van der Waals surface area contributed by atoms with Gasteiger partial charge in [-0.15, -0.1) is 5.11 Å². The summed E-state index contributed by atoms with van der Waals surface area (Å²) in [6, 6.07) is 13.8. The Morgan fingerprint density at radius 1 is 1.07 bits per heavy atom. The van der Waals surface area contributed by atoms with Gasteiger partial charge in [0, 0.05) is 30.4 Å². The van der Waals surface area contributed by atoms with Gasteiger partial charge in [0.1, 0.15) is 29.9 Å². The second-order valence-electron chi connectivity index (χ2n) is 6.69. The van der Waals surface area contributed by atoms with Crippen LogP contribution in [-0.2, 0) is 6.54 Å². The third-order valence-electron chi connectivity index (χ3n) is 4.84. The quantitative estimate of drug-likeness (QED) is 0.531. The number of benzene rings is 1. The van der Waals surface area contributed by atoms with Crippen molar-refractivity contribution in [2.75, 3.05) is 12.4 Å². The molecule has 0 amide bonds. The molecule has 1 N–H and O–H groups in total. The first-order valence-corrected chi connectivity index (χ1v) is 9.38. The van der Waals surface area contributed by atoms with Crippen molar-refractivity contribution in [2.24, 2.45) is 15.2 Å². The number of hydrogen-bond acceptors (Lipinski definition) is 8. The molecule has 9 heteroatoms. The molecule has 4 heterocycles. The molecule has 1 aromatic carbocycles. The van der Waals surface area contributed by atoms with Gasteiger partial charge >= 0.3 is 0 Å². The Morgan fingerprint density at radius 3 is 2.77 bits per heavy atom. The van der Waals surface area contributed by atoms with Crippen LogP contribution in [0.3, 0.4) is 0 Å². The van der Waals surface area contributed by atoms with E-state index in [0.29, 0.717) is 6.54 Å². The molecule has 1 unspecified atom stereocenters. The highest BCUT2D eigenvalue weighted by atomic mass is 16.5. The molecule has 4 aromatic rings. The number of aliphatic imine (C=N–C) groups is 1. The fourth-order valence-corrected chi connectivity index (χ4v) is 3.24. The van der Waals surface area contributed by atoms with Crippen molar-refractivity contribution in [3.05, 3.63) is 72.3 Å². The Hall–Kier alpha value is -4.14. The van der Waals surface area contributed by atoms with Gasteiger partial charge in [0.05, 0.1) is 24.7 Å². The minimum absolute atomic E-state index is 0.220. The van der Waals surface area contributed by atoms with Crippen molar-refractivity contribution < 1.29 is 4.74 Å². The number of imidazole rings is 1. The normalized spacial score (nSPS) is 15.0. The summed E-state index contributed by atoms with van der Waals surface area (Å²) in [6.45, 7) is 0.635. The number of azo groups is 1. The van der Waals surface area contributed by atoms with Crippen LogP contribution < -0.4 is 10.1 Å². The summed E-state index contributed by atoms with van der Waals surface area (Å²) in [5.74, 6) is 1.50. The van der Waals surface area contributed by atoms with Crippen molar-refractivity contribution in [1.82, 2.24) is 19.4 Å². The molecule has 0 saturated heterocycles. The van der Waals surface area contributed by atoms with E-state index in [1.54, 1.807) is 19.6 Å². The van der Waals surface area contributed by atoms with E-state index < -0.39 is 0 Å². The maximum Gasteiger partial charge on any atom is 0.187 e. The highest BCUT2D eigenvalue weighted by Crippen LogP contribution is 2.24. The smallest absolute Gasteiger partial charge is 0.187 e. The lowest BCUT2D eigenvalue weighted by Crippen LogP contribution is -2.03. The predicted molar refractivity (Wildman–Crippen MR) is 113 cm³/mol. The third kappa shape index (κ3) is 3.48. The van der Waals surface area contributed by atoms with Gasteiger partial charge < -0.3 is 10.1 Å². The zero-order valence-corrected chi connectivity index (χ0v) is 16.2. The molecule has 0 fully saturated rings. The van der Waals surface area contributed by atoms with Crippen LogP contribution in [0, 0.1) is 0 Å². The summed E-state index contributed by atoms with van der Waals surface area (Å²) in [4.78, 5) is 17.4. The molecule has 1 aliphatic rings. The number of nitrogens with zero attached hydrogens (tertiary/aromatic N) is 7. The van der Waals surface area contributed by atoms with Crippen LogP contribution in [-0.4, -0.2) is 32.8 Å². The largest absolute Gasteiger partial charge is 0.497 e. The number of anilines is 1. The number of hydrogen-bond donors (Lipinski definition) is 1. The molecule has 0 bridgehead atoms. The van der Waals surface area contributed by atoms with Crippen molar-refractivity contribution in [3.63, 3.8) is 0 Å². The minimum atomic E-state index is -0.220. The fourth-order valence-electron chi connectivity index (χ4n) is 3.24. The van der Waals surface area contributed by atoms with E-state index in [1.165, 1.54) is 6.34 Å². The second-order valence-corrected chi connectivity index (χ2v) is 6.69. The van der Waals surface area contributed by atoms with E-state index in [-0.39, 0.29) is 6.17 Å². The number of rotatable bonds is 6. The van der Waals surface area contributed by atoms with Crippen molar-refractivity contribution in [3.8, 4) is 17.1 Å². The number of fused-ring (bicyclic) bond motifs is 1. The predicted octanol–water partition coefficient (Wildman–Crippen LogP) is 3.90. The molecule has 0 aliphatic carbocycles. The Balaban J connectivity index is 1.32. The van der Waals surface area contributed by atoms with Crippen LogP contribution in [0.25, 0.3) is 17.0 Å². The van der Waals surface area contributed by atoms with Crippen LogP contribution in [0.4, 0.5) is 5.82 Å². The summed E-state index contributed by atoms with van der Waals surface area (Å²) in [5, 5.41) is 11.2. The molecular formula is C21H18N8O. The molecule has 0 radical (unpaired) electrons. The summed E-state index contributed by atoms with van der Waals surface area (Å²) in [7, 11) is 1.64. The molecule has 1 aliphatic heterocycles. The SMILES string of the molecule is COc1ccn2c(-c3cc(NCc4ccc(C5N=CN=N5)cc4)ncn3)cnc2c1. The van der Waals surface area contributed by atoms with Crippen molar-refractivity contribution in [1.29, 1.82) is 0 Å². The van der Waals surface area contributed by atoms with Crippen LogP contribution >= 0.6 is 0 Å². The Kier molecular flexibility index (Phi) is 4.60. The Morgan fingerprint density at radius 2 is 1.97 bits per heavy atom. The van der Waals surface area contributed by atoms with E-state index in [4.69, 9.17) is 4.74 Å². The molecule has 9 nitrogen and oxygen atoms in total. The average molecular weight is 398 g/mol. The first-order chi connectivity index (χ1) is 14.8. The Bertz CT molecular complexity index is 1230. The maximum atomic E-state index is 5.26. The zero-order chi connectivity index (χ0) is 20.3. The van der Waals surface area contributed by atoms with Gasteiger partial charge in [-0.3, -0.25) is 4.40 Å². The summed E-state index contributed by atoms with van der Waals surface area (Å²) in [6.07, 6.45) is 6.52. The fraction of sp³-hybridized carbons (Fsp3) is 0.143. The number of methoxy groups -OCH3 is 1. The van der Waals surface area contributed by atoms with Gasteiger partial charge in [-0.05, 0) is 11.6 Å². The van der Waals surface area contributed by atoms with Gasteiger partial charge in [-0.25, -0.2) is 19.9 Å². The van der Waals surface area contributed by atoms with Crippen LogP contribution in [0.5, 0.6) is 5.75 Å². The number of pyridine rings is 1. The lowest BCUT2D eigenvalue weighted by atomic mass is 10.1. The lowest BCUT2D eigenvalue weighted by Gasteiger charge is -2.09. The Labute approximate surface area is 172 Å². The molecular weight excluding hydrogens is 380 g/mol. The molecule has 30 heavy (non-hydrogen) atoms. The molecule has 1 atom stereocenters. The summed E-state index contributed by atoms with van der Waals surface area (Å²) >= 11 is 0. The molecule has 0 saturated carbocycles. The lowest BCUT2D eigenvalue weighted by molar-refractivity contribution is 0.414. The van der Waals surface area contributed by atoms with Crippen molar-refractivity contribution in [2.45, 2.75) is 12.7 Å². The highest BCUT2D eigenvalue weighted by molar-refractivity contribution is 5.63. The first-order valence-electron chi connectivity index (χ1n) is 9.38. The topological polar surface area (TPSA) is 101 Å². The standard InChI is InChI=1S/C21H18N8O/c1-30-16-6-7-29-18(11-23-20(29)8-16)17-9-19(25-12-24-17)22-10-14-2-4-15(5-3-14)21-26-13-27-28-21/h2-9,11-13,21H,10H2,1H3,(H,22,24,25). The molecule has 3 aromatic heterocycles. The monoisotopic (exact) mass is 398 g/mol. The van der Waals surface area contributed by atoms with E-state index in [0.717, 1.165) is 39.7 Å². The number of nitrogens with one attached hydrogen (secondary N) is 1. The number of ether oxygens (including phenoxy) is 1. The van der Waals surface area contributed by atoms with E-state index >= 15 is 0 Å². The average Bonchev–Trinajstić information content (AvgIpc) is 3.48. The summed E-state index contributed by atoms with van der Waals surface area (Å²) in [5.41, 5.74) is 4.60. The maximum absolute atomic E-state index is 5.26. The van der Waals surface area contributed by atoms with Gasteiger partial charge in [0.25, 0.3) is 0 Å². The van der Waals surface area contributed by atoms with Crippen molar-refractivity contribution >= 4 is 17.8 Å². The van der Waals surface area contributed by atoms with Crippen LogP contribution in [0.1, 0.15) is 17.3 Å². The van der Waals surface area contributed by atoms with E-state index in [1.807, 2.05) is 53.1 Å². The molecule has 5 rings (SSSR count). The number of aromatic nitrogens is 4. The summed E-state index contributed by atoms with van der Waals surface area (Å²) < 4.78 is 7.23. The third-order valence-corrected chi connectivity index (χ3v) is 4.84. The second kappa shape index (κ2) is 7.70. The highest BCUT2D eigenvalue weighted by Gasteiger charge is 2.11. The minimum Gasteiger partial charge on any atom is -0.497 e. The first kappa shape index (κ1) is 17.9. The van der Waals surface area contributed by atoms with Gasteiger partial charge in [0.15, 0.2) is 6.17 Å². The van der Waals surface area contributed by atoms with Gasteiger partial charge in [-0.1, -0.05) is 24.3 Å². The van der Waals surface area contributed by atoms with Crippen LogP contribution in [0.2, 0.25) is 0 Å². The van der Waals surface area contributed by atoms with E-state index in [2.05, 4.69) is 35.5 Å². The zero-order valence-electron chi connectivity index (χ0n) is 16.2. The van der Waals surface area contributed by atoms with E-state index in [9.17, 15) is 0 Å². The molecule has 148 valence electrons. The van der Waals surface area contributed by atoms with Gasteiger partial charge in [0.2, 0.25) is 0 Å². The van der Waals surface area contributed by atoms with Crippen LogP contribution in [0.15, 0.2) is 76.4 Å². The molecule has 0 spiro atoms.